The van der Waals surface area contributed by atoms with Gasteiger partial charge in [-0.2, -0.15) is 11.8 Å². The number of rotatable bonds is 5. The van der Waals surface area contributed by atoms with E-state index in [1.54, 1.807) is 31.2 Å². The predicted molar refractivity (Wildman–Crippen MR) is 72.8 cm³/mol. The smallest absolute Gasteiger partial charge is 0.326 e. The molecular formula is C9H15N5OS2. The summed E-state index contributed by atoms with van der Waals surface area (Å²) < 4.78 is 1.20. The van der Waals surface area contributed by atoms with Crippen molar-refractivity contribution in [2.45, 2.75) is 5.75 Å². The van der Waals surface area contributed by atoms with Crippen LogP contribution < -0.4 is 11.1 Å². The summed E-state index contributed by atoms with van der Waals surface area (Å²) in [6.07, 6.45) is 3.18. The monoisotopic (exact) mass is 273 g/mol. The molecule has 6 nitrogen and oxygen atoms in total. The fraction of sp³-hybridized carbons (Fsp3) is 0.444. The minimum atomic E-state index is -0.215. The maximum absolute atomic E-state index is 11.1. The third-order valence-corrected chi connectivity index (χ3v) is 3.01. The van der Waals surface area contributed by atoms with Crippen molar-refractivity contribution in [3.63, 3.8) is 0 Å². The Kier molecular flexibility index (Phi) is 5.92. The normalized spacial score (nSPS) is 10.0. The molecule has 0 aliphatic heterocycles. The maximum Gasteiger partial charge on any atom is 0.326 e. The van der Waals surface area contributed by atoms with Gasteiger partial charge in [-0.25, -0.2) is 9.78 Å². The lowest BCUT2D eigenvalue weighted by Gasteiger charge is -2.10. The number of thioether (sulfide) groups is 1. The van der Waals surface area contributed by atoms with Gasteiger partial charge in [0, 0.05) is 37.5 Å². The van der Waals surface area contributed by atoms with Crippen LogP contribution in [0.25, 0.3) is 0 Å². The van der Waals surface area contributed by atoms with E-state index in [1.807, 2.05) is 0 Å². The number of urea groups is 1. The summed E-state index contributed by atoms with van der Waals surface area (Å²) in [6.45, 7) is 0.578. The molecule has 1 aromatic rings. The lowest BCUT2D eigenvalue weighted by Crippen LogP contribution is -2.33. The highest BCUT2D eigenvalue weighted by molar-refractivity contribution is 7.98. The first-order chi connectivity index (χ1) is 8.11. The van der Waals surface area contributed by atoms with Gasteiger partial charge < -0.3 is 11.1 Å². The summed E-state index contributed by atoms with van der Waals surface area (Å²) >= 11 is 5.50. The van der Waals surface area contributed by atoms with Crippen molar-refractivity contribution in [2.75, 3.05) is 25.1 Å². The molecule has 1 heterocycles. The van der Waals surface area contributed by atoms with Gasteiger partial charge in [-0.3, -0.25) is 9.29 Å². The van der Waals surface area contributed by atoms with E-state index in [0.717, 1.165) is 11.4 Å². The number of thiol groups is 1. The van der Waals surface area contributed by atoms with Crippen molar-refractivity contribution in [3.05, 3.63) is 18.1 Å². The van der Waals surface area contributed by atoms with E-state index in [4.69, 9.17) is 5.73 Å². The number of carbonyl (C=O) groups excluding carboxylic acids is 1. The molecule has 3 N–H and O–H groups in total. The molecule has 2 amide bonds. The van der Waals surface area contributed by atoms with Crippen molar-refractivity contribution in [1.29, 1.82) is 0 Å². The number of anilines is 1. The van der Waals surface area contributed by atoms with Crippen molar-refractivity contribution in [1.82, 2.24) is 19.6 Å². The van der Waals surface area contributed by atoms with Crippen molar-refractivity contribution in [2.24, 2.45) is 0 Å². The zero-order valence-corrected chi connectivity index (χ0v) is 11.2. The van der Waals surface area contributed by atoms with Gasteiger partial charge in [0.2, 0.25) is 0 Å². The Morgan fingerprint density at radius 3 is 2.94 bits per heavy atom. The van der Waals surface area contributed by atoms with Crippen LogP contribution in [0.4, 0.5) is 10.6 Å². The van der Waals surface area contributed by atoms with Crippen molar-refractivity contribution >= 4 is 36.4 Å². The quantitative estimate of drug-likeness (QED) is 0.545. The van der Waals surface area contributed by atoms with Crippen LogP contribution in [0.5, 0.6) is 0 Å². The first kappa shape index (κ1) is 13.9. The zero-order chi connectivity index (χ0) is 12.7. The first-order valence-corrected chi connectivity index (χ1v) is 6.50. The third kappa shape index (κ3) is 5.14. The summed E-state index contributed by atoms with van der Waals surface area (Å²) in [4.78, 5) is 19.2. The summed E-state index contributed by atoms with van der Waals surface area (Å²) in [5, 5.41) is 2.71. The Labute approximate surface area is 110 Å². The van der Waals surface area contributed by atoms with Crippen LogP contribution in [0.15, 0.2) is 12.4 Å². The van der Waals surface area contributed by atoms with Gasteiger partial charge in [0.15, 0.2) is 0 Å². The largest absolute Gasteiger partial charge is 0.382 e. The van der Waals surface area contributed by atoms with E-state index in [-0.39, 0.29) is 6.03 Å². The first-order valence-electron chi connectivity index (χ1n) is 4.95. The van der Waals surface area contributed by atoms with Crippen LogP contribution in [0.3, 0.4) is 0 Å². The number of nitrogens with two attached hydrogens (primary N) is 1. The minimum absolute atomic E-state index is 0.215. The Balaban J connectivity index is 2.17. The molecule has 0 aliphatic rings. The van der Waals surface area contributed by atoms with Crippen LogP contribution in [-0.4, -0.2) is 39.6 Å². The Morgan fingerprint density at radius 2 is 2.29 bits per heavy atom. The van der Waals surface area contributed by atoms with Gasteiger partial charge >= 0.3 is 6.03 Å². The molecule has 94 valence electrons. The van der Waals surface area contributed by atoms with E-state index < -0.39 is 0 Å². The maximum atomic E-state index is 11.1. The van der Waals surface area contributed by atoms with Crippen LogP contribution in [0, 0.1) is 0 Å². The van der Waals surface area contributed by atoms with Crippen molar-refractivity contribution in [3.8, 4) is 0 Å². The van der Waals surface area contributed by atoms with E-state index in [0.29, 0.717) is 18.1 Å². The SMILES string of the molecule is CN(S)C(=O)NCCSCc1nccnc1N. The molecule has 0 spiro atoms. The Morgan fingerprint density at radius 1 is 1.59 bits per heavy atom. The van der Waals surface area contributed by atoms with Crippen molar-refractivity contribution < 1.29 is 4.79 Å². The van der Waals surface area contributed by atoms with Crippen LogP contribution in [0.2, 0.25) is 0 Å². The number of nitrogens with zero attached hydrogens (tertiary/aromatic N) is 3. The van der Waals surface area contributed by atoms with Gasteiger partial charge in [0.1, 0.15) is 5.82 Å². The number of amides is 2. The molecular weight excluding hydrogens is 258 g/mol. The molecule has 0 aliphatic carbocycles. The van der Waals surface area contributed by atoms with Crippen LogP contribution >= 0.6 is 24.6 Å². The average molecular weight is 273 g/mol. The summed E-state index contributed by atoms with van der Waals surface area (Å²) in [5.74, 6) is 1.93. The molecule has 0 unspecified atom stereocenters. The second-order valence-corrected chi connectivity index (χ2v) is 4.90. The average Bonchev–Trinajstić information content (AvgIpc) is 2.30. The Hall–Kier alpha value is -1.15. The highest BCUT2D eigenvalue weighted by atomic mass is 32.2. The van der Waals surface area contributed by atoms with Gasteiger partial charge in [0.25, 0.3) is 0 Å². The second kappa shape index (κ2) is 7.23. The van der Waals surface area contributed by atoms with Gasteiger partial charge in [0.05, 0.1) is 5.69 Å². The molecule has 1 rings (SSSR count). The molecule has 0 aromatic carbocycles. The number of hydrogen-bond acceptors (Lipinski definition) is 6. The molecule has 0 bridgehead atoms. The minimum Gasteiger partial charge on any atom is -0.382 e. The highest BCUT2D eigenvalue weighted by Crippen LogP contribution is 2.12. The predicted octanol–water partition coefficient (Wildman–Crippen LogP) is 0.778. The van der Waals surface area contributed by atoms with E-state index in [9.17, 15) is 4.79 Å². The van der Waals surface area contributed by atoms with Crippen LogP contribution in [-0.2, 0) is 5.75 Å². The summed E-state index contributed by atoms with van der Waals surface area (Å²) in [5.41, 5.74) is 6.42. The van der Waals surface area contributed by atoms with E-state index in [1.165, 1.54) is 4.31 Å². The lowest BCUT2D eigenvalue weighted by atomic mass is 10.5. The van der Waals surface area contributed by atoms with E-state index >= 15 is 0 Å². The second-order valence-electron chi connectivity index (χ2n) is 3.20. The Bertz CT molecular complexity index is 374. The number of nitrogen functional groups attached to an aromatic ring is 1. The molecule has 0 fully saturated rings. The fourth-order valence-corrected chi connectivity index (χ4v) is 1.88. The molecule has 1 aromatic heterocycles. The summed E-state index contributed by atoms with van der Waals surface area (Å²) in [7, 11) is 1.58. The highest BCUT2D eigenvalue weighted by Gasteiger charge is 2.03. The van der Waals surface area contributed by atoms with Gasteiger partial charge in [-0.05, 0) is 0 Å². The third-order valence-electron chi connectivity index (χ3n) is 1.86. The fourth-order valence-electron chi connectivity index (χ4n) is 1.00. The van der Waals surface area contributed by atoms with Gasteiger partial charge in [-0.1, -0.05) is 12.8 Å². The molecule has 0 saturated carbocycles. The molecule has 17 heavy (non-hydrogen) atoms. The van der Waals surface area contributed by atoms with Crippen LogP contribution in [0.1, 0.15) is 5.69 Å². The number of hydrogen-bond donors (Lipinski definition) is 3. The van der Waals surface area contributed by atoms with Gasteiger partial charge in [-0.15, -0.1) is 0 Å². The lowest BCUT2D eigenvalue weighted by molar-refractivity contribution is 0.231. The number of carbonyl (C=O) groups is 1. The molecule has 0 atom stereocenters. The molecule has 0 saturated heterocycles. The number of aromatic nitrogens is 2. The standard InChI is InChI=1S/C9H15N5OS2/c1-14(16)9(15)13-4-5-17-6-7-8(10)12-3-2-11-7/h2-3,16H,4-6H2,1H3,(H2,10,12)(H,13,15). The summed E-state index contributed by atoms with van der Waals surface area (Å²) in [6, 6.07) is -0.215. The van der Waals surface area contributed by atoms with E-state index in [2.05, 4.69) is 28.1 Å². The topological polar surface area (TPSA) is 84.1 Å². The number of nitrogens with one attached hydrogen (secondary N) is 1. The molecule has 8 heteroatoms. The zero-order valence-electron chi connectivity index (χ0n) is 9.46. The molecule has 0 radical (unpaired) electrons.